The molecule has 0 atom stereocenters. The predicted octanol–water partition coefficient (Wildman–Crippen LogP) is 2.93. The fourth-order valence-electron chi connectivity index (χ4n) is 4.15. The van der Waals surface area contributed by atoms with Crippen molar-refractivity contribution in [2.24, 2.45) is 12.8 Å². The van der Waals surface area contributed by atoms with Gasteiger partial charge in [-0.3, -0.25) is 4.98 Å². The molecule has 0 saturated heterocycles. The smallest absolute Gasteiger partial charge is 0.159 e. The van der Waals surface area contributed by atoms with E-state index < -0.39 is 0 Å². The van der Waals surface area contributed by atoms with E-state index in [2.05, 4.69) is 31.8 Å². The average Bonchev–Trinajstić information content (AvgIpc) is 3.45. The van der Waals surface area contributed by atoms with Gasteiger partial charge >= 0.3 is 0 Å². The van der Waals surface area contributed by atoms with Crippen molar-refractivity contribution >= 4 is 11.2 Å². The van der Waals surface area contributed by atoms with E-state index in [1.54, 1.807) is 23.1 Å². The van der Waals surface area contributed by atoms with E-state index in [4.69, 9.17) is 15.2 Å². The normalized spacial score (nSPS) is 11.5. The molecular formula is C25H33N7O3. The SMILES string of the molecule is CCCCc1c(-c2ccc(O)c(-c3cn(CCOCCOCCN)nn3)c2)n(C)c2nccnc12. The highest BCUT2D eigenvalue weighted by Gasteiger charge is 2.20. The number of hydrogen-bond donors (Lipinski definition) is 2. The van der Waals surface area contributed by atoms with Crippen LogP contribution in [0.1, 0.15) is 25.3 Å². The molecule has 0 aliphatic rings. The van der Waals surface area contributed by atoms with Crippen LogP contribution in [0.4, 0.5) is 0 Å². The topological polar surface area (TPSA) is 126 Å². The minimum atomic E-state index is 0.152. The molecule has 10 nitrogen and oxygen atoms in total. The summed E-state index contributed by atoms with van der Waals surface area (Å²) in [5.41, 5.74) is 11.6. The first kappa shape index (κ1) is 24.8. The molecule has 0 radical (unpaired) electrons. The van der Waals surface area contributed by atoms with Crippen LogP contribution in [0.5, 0.6) is 5.75 Å². The number of ether oxygens (including phenoxy) is 2. The molecular weight excluding hydrogens is 446 g/mol. The fraction of sp³-hybridized carbons (Fsp3) is 0.440. The zero-order chi connectivity index (χ0) is 24.6. The summed E-state index contributed by atoms with van der Waals surface area (Å²) in [6, 6.07) is 5.59. The van der Waals surface area contributed by atoms with Crippen molar-refractivity contribution in [1.29, 1.82) is 0 Å². The number of nitrogens with two attached hydrogens (primary N) is 1. The van der Waals surface area contributed by atoms with Gasteiger partial charge < -0.3 is 24.9 Å². The summed E-state index contributed by atoms with van der Waals surface area (Å²) in [6.07, 6.45) is 8.32. The summed E-state index contributed by atoms with van der Waals surface area (Å²) in [6.45, 7) is 5.26. The number of aromatic hydroxyl groups is 1. The number of nitrogens with zero attached hydrogens (tertiary/aromatic N) is 6. The van der Waals surface area contributed by atoms with Gasteiger partial charge in [0.05, 0.1) is 44.9 Å². The van der Waals surface area contributed by atoms with Gasteiger partial charge in [-0.25, -0.2) is 9.67 Å². The van der Waals surface area contributed by atoms with Crippen LogP contribution in [0, 0.1) is 0 Å². The zero-order valence-corrected chi connectivity index (χ0v) is 20.4. The fourth-order valence-corrected chi connectivity index (χ4v) is 4.15. The number of unbranched alkanes of at least 4 members (excludes halogenated alkanes) is 1. The van der Waals surface area contributed by atoms with Gasteiger partial charge in [-0.05, 0) is 36.6 Å². The number of hydrogen-bond acceptors (Lipinski definition) is 8. The molecule has 4 rings (SSSR count). The lowest BCUT2D eigenvalue weighted by Gasteiger charge is -2.10. The van der Waals surface area contributed by atoms with E-state index >= 15 is 0 Å². The van der Waals surface area contributed by atoms with E-state index in [1.165, 1.54) is 5.56 Å². The molecule has 1 aromatic carbocycles. The minimum Gasteiger partial charge on any atom is -0.507 e. The number of fused-ring (bicyclic) bond motifs is 1. The maximum atomic E-state index is 10.6. The first-order valence-electron chi connectivity index (χ1n) is 12.0. The molecule has 0 spiro atoms. The van der Waals surface area contributed by atoms with Crippen LogP contribution in [0.15, 0.2) is 36.8 Å². The molecule has 0 saturated carbocycles. The van der Waals surface area contributed by atoms with Crippen LogP contribution in [-0.2, 0) is 29.5 Å². The first-order chi connectivity index (χ1) is 17.1. The highest BCUT2D eigenvalue weighted by molar-refractivity contribution is 5.87. The number of benzene rings is 1. The molecule has 0 aliphatic heterocycles. The molecule has 3 N–H and O–H groups in total. The van der Waals surface area contributed by atoms with Crippen molar-refractivity contribution in [3.05, 3.63) is 42.4 Å². The Morgan fingerprint density at radius 2 is 1.86 bits per heavy atom. The lowest BCUT2D eigenvalue weighted by Crippen LogP contribution is -2.13. The Kier molecular flexibility index (Phi) is 8.40. The molecule has 186 valence electrons. The maximum absolute atomic E-state index is 10.6. The van der Waals surface area contributed by atoms with Crippen molar-refractivity contribution < 1.29 is 14.6 Å². The Bertz CT molecular complexity index is 1250. The Hall–Kier alpha value is -3.34. The number of aromatic nitrogens is 6. The number of aryl methyl sites for hydroxylation is 2. The maximum Gasteiger partial charge on any atom is 0.159 e. The highest BCUT2D eigenvalue weighted by Crippen LogP contribution is 2.37. The van der Waals surface area contributed by atoms with Crippen molar-refractivity contribution in [2.45, 2.75) is 32.7 Å². The molecule has 35 heavy (non-hydrogen) atoms. The monoisotopic (exact) mass is 479 g/mol. The van der Waals surface area contributed by atoms with Gasteiger partial charge in [0.25, 0.3) is 0 Å². The van der Waals surface area contributed by atoms with Gasteiger partial charge in [0, 0.05) is 37.1 Å². The third-order valence-electron chi connectivity index (χ3n) is 5.87. The molecule has 4 aromatic rings. The van der Waals surface area contributed by atoms with Crippen LogP contribution in [0.2, 0.25) is 0 Å². The quantitative estimate of drug-likeness (QED) is 0.280. The molecule has 0 aliphatic carbocycles. The summed E-state index contributed by atoms with van der Waals surface area (Å²) in [7, 11) is 2.01. The first-order valence-corrected chi connectivity index (χ1v) is 12.0. The minimum absolute atomic E-state index is 0.152. The van der Waals surface area contributed by atoms with Gasteiger partial charge in [0.2, 0.25) is 0 Å². The second kappa shape index (κ2) is 11.9. The van der Waals surface area contributed by atoms with Crippen LogP contribution < -0.4 is 5.73 Å². The van der Waals surface area contributed by atoms with Crippen molar-refractivity contribution in [3.63, 3.8) is 0 Å². The van der Waals surface area contributed by atoms with Gasteiger partial charge in [0.1, 0.15) is 17.0 Å². The molecule has 0 bridgehead atoms. The third kappa shape index (κ3) is 5.67. The van der Waals surface area contributed by atoms with Gasteiger partial charge in [-0.2, -0.15) is 0 Å². The Balaban J connectivity index is 1.56. The van der Waals surface area contributed by atoms with Gasteiger partial charge in [-0.15, -0.1) is 5.10 Å². The molecule has 0 amide bonds. The van der Waals surface area contributed by atoms with Crippen molar-refractivity contribution in [3.8, 4) is 28.3 Å². The molecule has 0 fully saturated rings. The summed E-state index contributed by atoms with van der Waals surface area (Å²) < 4.78 is 14.6. The van der Waals surface area contributed by atoms with E-state index in [1.807, 2.05) is 25.4 Å². The Labute approximate surface area is 204 Å². The summed E-state index contributed by atoms with van der Waals surface area (Å²) >= 11 is 0. The molecule has 0 unspecified atom stereocenters. The highest BCUT2D eigenvalue weighted by atomic mass is 16.5. The third-order valence-corrected chi connectivity index (χ3v) is 5.87. The van der Waals surface area contributed by atoms with Crippen LogP contribution in [0.3, 0.4) is 0 Å². The lowest BCUT2D eigenvalue weighted by molar-refractivity contribution is 0.0466. The predicted molar refractivity (Wildman–Crippen MR) is 134 cm³/mol. The van der Waals surface area contributed by atoms with Crippen LogP contribution in [0.25, 0.3) is 33.7 Å². The second-order valence-corrected chi connectivity index (χ2v) is 8.33. The average molecular weight is 480 g/mol. The van der Waals surface area contributed by atoms with Crippen molar-refractivity contribution in [2.75, 3.05) is 33.0 Å². The largest absolute Gasteiger partial charge is 0.507 e. The molecule has 3 heterocycles. The number of phenolic OH excluding ortho intramolecular Hbond substituents is 1. The molecule has 10 heteroatoms. The van der Waals surface area contributed by atoms with Gasteiger partial charge in [0.15, 0.2) is 5.65 Å². The number of rotatable bonds is 13. The van der Waals surface area contributed by atoms with Gasteiger partial charge in [-0.1, -0.05) is 18.6 Å². The zero-order valence-electron chi connectivity index (χ0n) is 20.4. The van der Waals surface area contributed by atoms with E-state index in [0.29, 0.717) is 50.8 Å². The van der Waals surface area contributed by atoms with Crippen LogP contribution >= 0.6 is 0 Å². The summed E-state index contributed by atoms with van der Waals surface area (Å²) in [4.78, 5) is 9.17. The Morgan fingerprint density at radius 3 is 2.66 bits per heavy atom. The lowest BCUT2D eigenvalue weighted by atomic mass is 9.99. The standard InChI is InChI=1S/C25H33N7O3/c1-3-4-5-19-23-25(28-10-9-27-23)31(2)24(19)18-6-7-22(33)20(16-18)21-17-32(30-29-21)11-13-35-15-14-34-12-8-26/h6-7,9-10,16-17,33H,3-5,8,11-15,26H2,1-2H3. The summed E-state index contributed by atoms with van der Waals surface area (Å²) in [5.74, 6) is 0.152. The molecule has 3 aromatic heterocycles. The number of phenols is 1. The summed E-state index contributed by atoms with van der Waals surface area (Å²) in [5, 5.41) is 19.1. The van der Waals surface area contributed by atoms with Crippen LogP contribution in [-0.4, -0.2) is 67.6 Å². The van der Waals surface area contributed by atoms with E-state index in [0.717, 1.165) is 41.7 Å². The Morgan fingerprint density at radius 1 is 1.06 bits per heavy atom. The second-order valence-electron chi connectivity index (χ2n) is 8.33. The van der Waals surface area contributed by atoms with E-state index in [9.17, 15) is 5.11 Å². The van der Waals surface area contributed by atoms with E-state index in [-0.39, 0.29) is 5.75 Å². The van der Waals surface area contributed by atoms with Crippen molar-refractivity contribution in [1.82, 2.24) is 29.5 Å².